The van der Waals surface area contributed by atoms with Gasteiger partial charge in [0.05, 0.1) is 18.5 Å². The molecule has 0 unspecified atom stereocenters. The summed E-state index contributed by atoms with van der Waals surface area (Å²) in [4.78, 5) is 8.75. The Bertz CT molecular complexity index is 923. The van der Waals surface area contributed by atoms with Crippen molar-refractivity contribution in [3.8, 4) is 11.5 Å². The molecule has 4 heterocycles. The molecule has 0 fully saturated rings. The lowest BCUT2D eigenvalue weighted by atomic mass is 10.3. The van der Waals surface area contributed by atoms with E-state index in [4.69, 9.17) is 4.42 Å². The summed E-state index contributed by atoms with van der Waals surface area (Å²) >= 11 is 1.59. The van der Waals surface area contributed by atoms with Gasteiger partial charge >= 0.3 is 0 Å². The predicted octanol–water partition coefficient (Wildman–Crippen LogP) is 3.67. The molecule has 0 N–H and O–H groups in total. The van der Waals surface area contributed by atoms with Crippen molar-refractivity contribution in [1.29, 1.82) is 0 Å². The van der Waals surface area contributed by atoms with Crippen LogP contribution in [0.1, 0.15) is 11.5 Å². The number of rotatable bonds is 6. The first-order chi connectivity index (χ1) is 12.4. The average molecular weight is 349 g/mol. The van der Waals surface area contributed by atoms with Crippen molar-refractivity contribution in [3.05, 3.63) is 78.6 Å². The molecular formula is C18H15N5OS. The standard InChI is InChI=1S/C18H15N5OS/c1-3-9-19-14(6-1)13-25-18-22-21-17(16-8-2-4-10-20-16)23(18)12-15-7-5-11-24-15/h1-11H,12-13H2. The number of hydrogen-bond acceptors (Lipinski definition) is 6. The fourth-order valence-corrected chi connectivity index (χ4v) is 3.26. The zero-order chi connectivity index (χ0) is 16.9. The Balaban J connectivity index is 1.65. The number of furan rings is 1. The molecule has 0 saturated carbocycles. The van der Waals surface area contributed by atoms with Gasteiger partial charge in [0.2, 0.25) is 0 Å². The lowest BCUT2D eigenvalue weighted by molar-refractivity contribution is 0.485. The third-order valence-electron chi connectivity index (χ3n) is 3.58. The van der Waals surface area contributed by atoms with Crippen molar-refractivity contribution in [2.75, 3.05) is 0 Å². The third-order valence-corrected chi connectivity index (χ3v) is 4.58. The molecule has 0 aliphatic carbocycles. The normalized spacial score (nSPS) is 10.9. The highest BCUT2D eigenvalue weighted by molar-refractivity contribution is 7.98. The van der Waals surface area contributed by atoms with Gasteiger partial charge in [0, 0.05) is 18.1 Å². The highest BCUT2D eigenvalue weighted by Crippen LogP contribution is 2.26. The van der Waals surface area contributed by atoms with Gasteiger partial charge in [0.1, 0.15) is 11.5 Å². The molecule has 4 rings (SSSR count). The largest absolute Gasteiger partial charge is 0.467 e. The maximum Gasteiger partial charge on any atom is 0.192 e. The maximum atomic E-state index is 5.50. The highest BCUT2D eigenvalue weighted by atomic mass is 32.2. The van der Waals surface area contributed by atoms with E-state index in [1.54, 1.807) is 30.4 Å². The molecule has 0 radical (unpaired) electrons. The molecule has 124 valence electrons. The molecule has 6 nitrogen and oxygen atoms in total. The first-order valence-corrected chi connectivity index (χ1v) is 8.78. The van der Waals surface area contributed by atoms with E-state index in [0.29, 0.717) is 6.54 Å². The molecule has 0 bridgehead atoms. The second-order valence-electron chi connectivity index (χ2n) is 5.30. The van der Waals surface area contributed by atoms with E-state index >= 15 is 0 Å². The monoisotopic (exact) mass is 349 g/mol. The summed E-state index contributed by atoms with van der Waals surface area (Å²) < 4.78 is 7.52. The van der Waals surface area contributed by atoms with E-state index in [9.17, 15) is 0 Å². The number of hydrogen-bond donors (Lipinski definition) is 0. The molecule has 0 atom stereocenters. The van der Waals surface area contributed by atoms with Crippen LogP contribution in [0.3, 0.4) is 0 Å². The molecule has 25 heavy (non-hydrogen) atoms. The van der Waals surface area contributed by atoms with Gasteiger partial charge in [-0.3, -0.25) is 14.5 Å². The summed E-state index contributed by atoms with van der Waals surface area (Å²) in [6, 6.07) is 15.5. The van der Waals surface area contributed by atoms with E-state index < -0.39 is 0 Å². The minimum atomic E-state index is 0.552. The van der Waals surface area contributed by atoms with E-state index in [2.05, 4.69) is 20.2 Å². The number of pyridine rings is 2. The summed E-state index contributed by atoms with van der Waals surface area (Å²) in [6.07, 6.45) is 5.21. The zero-order valence-electron chi connectivity index (χ0n) is 13.3. The Morgan fingerprint density at radius 2 is 1.80 bits per heavy atom. The van der Waals surface area contributed by atoms with Gasteiger partial charge < -0.3 is 4.42 Å². The van der Waals surface area contributed by atoms with Gasteiger partial charge in [0.25, 0.3) is 0 Å². The first kappa shape index (κ1) is 15.6. The van der Waals surface area contributed by atoms with Crippen LogP contribution in [0.2, 0.25) is 0 Å². The molecular weight excluding hydrogens is 334 g/mol. The molecule has 7 heteroatoms. The Morgan fingerprint density at radius 1 is 0.920 bits per heavy atom. The summed E-state index contributed by atoms with van der Waals surface area (Å²) in [6.45, 7) is 0.552. The van der Waals surface area contributed by atoms with Crippen LogP contribution < -0.4 is 0 Å². The fraction of sp³-hybridized carbons (Fsp3) is 0.111. The molecule has 0 amide bonds. The average Bonchev–Trinajstić information content (AvgIpc) is 3.32. The minimum absolute atomic E-state index is 0.552. The molecule has 4 aromatic heterocycles. The second kappa shape index (κ2) is 7.31. The maximum absolute atomic E-state index is 5.50. The van der Waals surface area contributed by atoms with Crippen LogP contribution in [0, 0.1) is 0 Å². The van der Waals surface area contributed by atoms with Gasteiger partial charge in [0.15, 0.2) is 11.0 Å². The molecule has 0 aromatic carbocycles. The van der Waals surface area contributed by atoms with Crippen molar-refractivity contribution in [1.82, 2.24) is 24.7 Å². The third kappa shape index (κ3) is 3.61. The minimum Gasteiger partial charge on any atom is -0.467 e. The van der Waals surface area contributed by atoms with Crippen LogP contribution >= 0.6 is 11.8 Å². The van der Waals surface area contributed by atoms with Gasteiger partial charge in [-0.2, -0.15) is 0 Å². The van der Waals surface area contributed by atoms with Crippen LogP contribution in [0.5, 0.6) is 0 Å². The van der Waals surface area contributed by atoms with E-state index in [1.165, 1.54) is 0 Å². The number of aromatic nitrogens is 5. The van der Waals surface area contributed by atoms with Crippen LogP contribution in [0.25, 0.3) is 11.5 Å². The van der Waals surface area contributed by atoms with Crippen LogP contribution in [-0.4, -0.2) is 24.7 Å². The first-order valence-electron chi connectivity index (χ1n) is 7.80. The lowest BCUT2D eigenvalue weighted by Gasteiger charge is -2.08. The summed E-state index contributed by atoms with van der Waals surface area (Å²) in [7, 11) is 0. The second-order valence-corrected chi connectivity index (χ2v) is 6.24. The summed E-state index contributed by atoms with van der Waals surface area (Å²) in [5.74, 6) is 2.29. The van der Waals surface area contributed by atoms with Crippen LogP contribution in [0.4, 0.5) is 0 Å². The molecule has 0 spiro atoms. The number of thioether (sulfide) groups is 1. The molecule has 4 aromatic rings. The van der Waals surface area contributed by atoms with Crippen molar-refractivity contribution < 1.29 is 4.42 Å². The fourth-order valence-electron chi connectivity index (χ4n) is 2.40. The quantitative estimate of drug-likeness (QED) is 0.495. The Labute approximate surface area is 149 Å². The number of nitrogens with zero attached hydrogens (tertiary/aromatic N) is 5. The lowest BCUT2D eigenvalue weighted by Crippen LogP contribution is -2.04. The zero-order valence-corrected chi connectivity index (χ0v) is 14.1. The predicted molar refractivity (Wildman–Crippen MR) is 94.9 cm³/mol. The summed E-state index contributed by atoms with van der Waals surface area (Å²) in [5.41, 5.74) is 1.78. The van der Waals surface area contributed by atoms with Gasteiger partial charge in [-0.05, 0) is 36.4 Å². The van der Waals surface area contributed by atoms with Gasteiger partial charge in [-0.1, -0.05) is 23.9 Å². The van der Waals surface area contributed by atoms with E-state index in [-0.39, 0.29) is 0 Å². The molecule has 0 saturated heterocycles. The Morgan fingerprint density at radius 3 is 2.52 bits per heavy atom. The Hall–Kier alpha value is -2.93. The van der Waals surface area contributed by atoms with Gasteiger partial charge in [-0.25, -0.2) is 0 Å². The molecule has 0 aliphatic heterocycles. The topological polar surface area (TPSA) is 69.6 Å². The SMILES string of the molecule is c1ccc(CSc2nnc(-c3ccccn3)n2Cc2ccco2)nc1. The van der Waals surface area contributed by atoms with Crippen molar-refractivity contribution >= 4 is 11.8 Å². The van der Waals surface area contributed by atoms with Crippen molar-refractivity contribution in [3.63, 3.8) is 0 Å². The summed E-state index contributed by atoms with van der Waals surface area (Å²) in [5, 5.41) is 9.51. The smallest absolute Gasteiger partial charge is 0.192 e. The molecule has 0 aliphatic rings. The van der Waals surface area contributed by atoms with Crippen LogP contribution in [0.15, 0.2) is 76.8 Å². The van der Waals surface area contributed by atoms with Crippen LogP contribution in [-0.2, 0) is 12.3 Å². The van der Waals surface area contributed by atoms with Crippen molar-refractivity contribution in [2.24, 2.45) is 0 Å². The van der Waals surface area contributed by atoms with Crippen molar-refractivity contribution in [2.45, 2.75) is 17.5 Å². The van der Waals surface area contributed by atoms with Gasteiger partial charge in [-0.15, -0.1) is 10.2 Å². The highest BCUT2D eigenvalue weighted by Gasteiger charge is 2.16. The van der Waals surface area contributed by atoms with E-state index in [1.807, 2.05) is 53.1 Å². The van der Waals surface area contributed by atoms with E-state index in [0.717, 1.165) is 33.9 Å². The Kier molecular flexibility index (Phi) is 4.56.